The van der Waals surface area contributed by atoms with Gasteiger partial charge in [0.05, 0.1) is 18.9 Å². The molecule has 3 aliphatic rings. The number of benzene rings is 1. The molecule has 1 unspecified atom stereocenters. The SMILES string of the molecule is Cc1cc(F)ccc1OC1C=CC=C2C(=O)C=C(N3CCOCC3)N=C21. The molecule has 1 aromatic rings. The molecule has 0 saturated carbocycles. The summed E-state index contributed by atoms with van der Waals surface area (Å²) < 4.78 is 24.7. The number of halogens is 1. The second-order valence-electron chi connectivity index (χ2n) is 6.38. The number of carbonyl (C=O) groups is 1. The van der Waals surface area contributed by atoms with Gasteiger partial charge in [0.25, 0.3) is 0 Å². The number of ether oxygens (including phenoxy) is 2. The summed E-state index contributed by atoms with van der Waals surface area (Å²) in [7, 11) is 0. The fourth-order valence-corrected chi connectivity index (χ4v) is 3.20. The normalized spacial score (nSPS) is 22.4. The lowest BCUT2D eigenvalue weighted by molar-refractivity contribution is -0.111. The van der Waals surface area contributed by atoms with Crippen LogP contribution in [0.4, 0.5) is 4.39 Å². The molecule has 0 N–H and O–H groups in total. The molecule has 4 rings (SSSR count). The van der Waals surface area contributed by atoms with Crippen LogP contribution in [-0.4, -0.2) is 48.8 Å². The lowest BCUT2D eigenvalue weighted by Gasteiger charge is -2.32. The fraction of sp³-hybridized carbons (Fsp3) is 0.300. The van der Waals surface area contributed by atoms with Gasteiger partial charge in [-0.1, -0.05) is 6.08 Å². The number of aliphatic imine (C=N–C) groups is 1. The summed E-state index contributed by atoms with van der Waals surface area (Å²) >= 11 is 0. The van der Waals surface area contributed by atoms with E-state index in [-0.39, 0.29) is 11.6 Å². The van der Waals surface area contributed by atoms with Crippen molar-refractivity contribution in [3.05, 3.63) is 65.3 Å². The van der Waals surface area contributed by atoms with Crippen LogP contribution in [0.2, 0.25) is 0 Å². The Morgan fingerprint density at radius 3 is 2.88 bits per heavy atom. The molecule has 1 aliphatic carbocycles. The third-order valence-corrected chi connectivity index (χ3v) is 4.58. The van der Waals surface area contributed by atoms with Gasteiger partial charge in [-0.05, 0) is 42.8 Å². The summed E-state index contributed by atoms with van der Waals surface area (Å²) in [5, 5.41) is 0. The minimum Gasteiger partial charge on any atom is -0.480 e. The number of hydrogen-bond donors (Lipinski definition) is 0. The molecule has 1 atom stereocenters. The highest BCUT2D eigenvalue weighted by atomic mass is 19.1. The largest absolute Gasteiger partial charge is 0.480 e. The van der Waals surface area contributed by atoms with Gasteiger partial charge in [-0.25, -0.2) is 9.38 Å². The maximum atomic E-state index is 13.3. The molecule has 0 aromatic heterocycles. The van der Waals surface area contributed by atoms with Gasteiger partial charge < -0.3 is 14.4 Å². The Balaban J connectivity index is 1.63. The lowest BCUT2D eigenvalue weighted by atomic mass is 9.94. The molecule has 1 fully saturated rings. The van der Waals surface area contributed by atoms with Crippen LogP contribution in [0.1, 0.15) is 5.56 Å². The zero-order valence-electron chi connectivity index (χ0n) is 14.4. The van der Waals surface area contributed by atoms with Gasteiger partial charge in [0.1, 0.15) is 17.4 Å². The number of nitrogens with zero attached hydrogens (tertiary/aromatic N) is 2. The number of fused-ring (bicyclic) bond motifs is 1. The first kappa shape index (κ1) is 16.7. The molecule has 0 amide bonds. The van der Waals surface area contributed by atoms with E-state index in [0.717, 1.165) is 0 Å². The first-order valence-electron chi connectivity index (χ1n) is 8.61. The predicted molar refractivity (Wildman–Crippen MR) is 95.7 cm³/mol. The number of ketones is 1. The van der Waals surface area contributed by atoms with Gasteiger partial charge in [-0.2, -0.15) is 0 Å². The van der Waals surface area contributed by atoms with Crippen LogP contribution in [0.25, 0.3) is 0 Å². The van der Waals surface area contributed by atoms with Crippen LogP contribution < -0.4 is 4.74 Å². The summed E-state index contributed by atoms with van der Waals surface area (Å²) in [6.07, 6.45) is 6.47. The first-order valence-corrected chi connectivity index (χ1v) is 8.61. The van der Waals surface area contributed by atoms with Crippen LogP contribution in [0.5, 0.6) is 5.75 Å². The minimum atomic E-state index is -0.493. The predicted octanol–water partition coefficient (Wildman–Crippen LogP) is 2.58. The zero-order chi connectivity index (χ0) is 18.1. The van der Waals surface area contributed by atoms with E-state index >= 15 is 0 Å². The summed E-state index contributed by atoms with van der Waals surface area (Å²) in [5.41, 5.74) is 1.82. The zero-order valence-corrected chi connectivity index (χ0v) is 14.4. The molecule has 0 radical (unpaired) electrons. The molecule has 5 nitrogen and oxygen atoms in total. The highest BCUT2D eigenvalue weighted by Crippen LogP contribution is 2.27. The van der Waals surface area contributed by atoms with Crippen molar-refractivity contribution in [3.8, 4) is 5.75 Å². The van der Waals surface area contributed by atoms with E-state index in [1.165, 1.54) is 12.1 Å². The average Bonchev–Trinajstić information content (AvgIpc) is 2.65. The van der Waals surface area contributed by atoms with Gasteiger partial charge in [-0.3, -0.25) is 4.79 Å². The Morgan fingerprint density at radius 2 is 2.12 bits per heavy atom. The summed E-state index contributed by atoms with van der Waals surface area (Å²) in [6.45, 7) is 4.43. The van der Waals surface area contributed by atoms with E-state index in [9.17, 15) is 9.18 Å². The molecule has 1 aromatic carbocycles. The van der Waals surface area contributed by atoms with Crippen molar-refractivity contribution >= 4 is 11.5 Å². The first-order chi connectivity index (χ1) is 12.6. The van der Waals surface area contributed by atoms with Gasteiger partial charge in [0, 0.05) is 24.7 Å². The molecule has 134 valence electrons. The quantitative estimate of drug-likeness (QED) is 0.837. The molecule has 2 aliphatic heterocycles. The van der Waals surface area contributed by atoms with E-state index in [0.29, 0.717) is 54.7 Å². The summed E-state index contributed by atoms with van der Waals surface area (Å²) in [6, 6.07) is 4.38. The highest BCUT2D eigenvalue weighted by Gasteiger charge is 2.31. The number of aryl methyl sites for hydroxylation is 1. The number of carbonyl (C=O) groups excluding carboxylic acids is 1. The Labute approximate surface area is 151 Å². The molecular formula is C20H19FN2O3. The third-order valence-electron chi connectivity index (χ3n) is 4.58. The van der Waals surface area contributed by atoms with Gasteiger partial charge in [0.2, 0.25) is 0 Å². The molecule has 26 heavy (non-hydrogen) atoms. The van der Waals surface area contributed by atoms with Crippen molar-refractivity contribution in [2.75, 3.05) is 26.3 Å². The molecule has 1 saturated heterocycles. The average molecular weight is 354 g/mol. The number of morpholine rings is 1. The smallest absolute Gasteiger partial charge is 0.191 e. The van der Waals surface area contributed by atoms with Crippen LogP contribution >= 0.6 is 0 Å². The Kier molecular flexibility index (Phi) is 4.42. The van der Waals surface area contributed by atoms with Crippen molar-refractivity contribution in [2.24, 2.45) is 4.99 Å². The Bertz CT molecular complexity index is 864. The van der Waals surface area contributed by atoms with E-state index in [2.05, 4.69) is 0 Å². The van der Waals surface area contributed by atoms with Crippen molar-refractivity contribution in [3.63, 3.8) is 0 Å². The van der Waals surface area contributed by atoms with Crippen LogP contribution in [0.15, 0.2) is 58.9 Å². The van der Waals surface area contributed by atoms with Crippen molar-refractivity contribution in [2.45, 2.75) is 13.0 Å². The van der Waals surface area contributed by atoms with E-state index in [4.69, 9.17) is 14.5 Å². The van der Waals surface area contributed by atoms with E-state index < -0.39 is 6.10 Å². The molecular weight excluding hydrogens is 335 g/mol. The number of allylic oxidation sites excluding steroid dienone is 3. The van der Waals surface area contributed by atoms with Gasteiger partial charge in [0.15, 0.2) is 11.9 Å². The van der Waals surface area contributed by atoms with Crippen molar-refractivity contribution in [1.29, 1.82) is 0 Å². The van der Waals surface area contributed by atoms with Crippen molar-refractivity contribution in [1.82, 2.24) is 4.90 Å². The number of rotatable bonds is 3. The van der Waals surface area contributed by atoms with Gasteiger partial charge >= 0.3 is 0 Å². The second-order valence-corrected chi connectivity index (χ2v) is 6.38. The number of hydrogen-bond acceptors (Lipinski definition) is 5. The molecule has 6 heteroatoms. The molecule has 0 bridgehead atoms. The maximum Gasteiger partial charge on any atom is 0.191 e. The standard InChI is InChI=1S/C20H19FN2O3/c1-13-11-14(21)5-6-17(13)26-18-4-2-3-15-16(24)12-19(22-20(15)18)23-7-9-25-10-8-23/h2-6,11-12,18H,7-10H2,1H3. The minimum absolute atomic E-state index is 0.0785. The maximum absolute atomic E-state index is 13.3. The highest BCUT2D eigenvalue weighted by molar-refractivity contribution is 6.30. The van der Waals surface area contributed by atoms with Crippen LogP contribution in [0.3, 0.4) is 0 Å². The lowest BCUT2D eigenvalue weighted by Crippen LogP contribution is -2.39. The summed E-state index contributed by atoms with van der Waals surface area (Å²) in [5.74, 6) is 0.827. The molecule has 0 spiro atoms. The Morgan fingerprint density at radius 1 is 1.31 bits per heavy atom. The van der Waals surface area contributed by atoms with Crippen LogP contribution in [0, 0.1) is 12.7 Å². The van der Waals surface area contributed by atoms with E-state index in [1.807, 2.05) is 11.0 Å². The van der Waals surface area contributed by atoms with E-state index in [1.54, 1.807) is 31.2 Å². The second kappa shape index (κ2) is 6.88. The Hall–Kier alpha value is -2.73. The summed E-state index contributed by atoms with van der Waals surface area (Å²) in [4.78, 5) is 19.3. The molecule has 2 heterocycles. The topological polar surface area (TPSA) is 51.1 Å². The van der Waals surface area contributed by atoms with Crippen molar-refractivity contribution < 1.29 is 18.7 Å². The van der Waals surface area contributed by atoms with Gasteiger partial charge in [-0.15, -0.1) is 0 Å². The van der Waals surface area contributed by atoms with Crippen LogP contribution in [-0.2, 0) is 9.53 Å². The third kappa shape index (κ3) is 3.20. The monoisotopic (exact) mass is 354 g/mol. The fourth-order valence-electron chi connectivity index (χ4n) is 3.20.